The smallest absolute Gasteiger partial charge is 0.303 e. The summed E-state index contributed by atoms with van der Waals surface area (Å²) in [6.07, 6.45) is -1.84. The van der Waals surface area contributed by atoms with Gasteiger partial charge in [0.1, 0.15) is 18.8 Å². The van der Waals surface area contributed by atoms with Gasteiger partial charge < -0.3 is 18.9 Å². The average molecular weight is 288 g/mol. The lowest BCUT2D eigenvalue weighted by Gasteiger charge is -2.39. The van der Waals surface area contributed by atoms with Gasteiger partial charge in [0.2, 0.25) is 0 Å². The number of carbonyl (C=O) groups is 3. The summed E-state index contributed by atoms with van der Waals surface area (Å²) in [6, 6.07) is 0. The van der Waals surface area contributed by atoms with Gasteiger partial charge >= 0.3 is 17.9 Å². The number of hydrogen-bond acceptors (Lipinski definition) is 7. The Labute approximate surface area is 117 Å². The predicted molar refractivity (Wildman–Crippen MR) is 66.7 cm³/mol. The molecule has 114 valence electrons. The van der Waals surface area contributed by atoms with Crippen LogP contribution in [0.5, 0.6) is 0 Å². The van der Waals surface area contributed by atoms with Crippen molar-refractivity contribution in [3.63, 3.8) is 0 Å². The summed E-state index contributed by atoms with van der Waals surface area (Å²) < 4.78 is 20.9. The van der Waals surface area contributed by atoms with Crippen LogP contribution in [0.2, 0.25) is 0 Å². The van der Waals surface area contributed by atoms with Gasteiger partial charge in [-0.3, -0.25) is 14.4 Å². The number of ether oxygens (including phenoxy) is 4. The predicted octanol–water partition coefficient (Wildman–Crippen LogP) is 0.590. The van der Waals surface area contributed by atoms with Crippen molar-refractivity contribution in [3.05, 3.63) is 0 Å². The lowest BCUT2D eigenvalue weighted by molar-refractivity contribution is -0.212. The molecule has 1 fully saturated rings. The summed E-state index contributed by atoms with van der Waals surface area (Å²) in [5, 5.41) is 0. The second-order valence-corrected chi connectivity index (χ2v) is 4.75. The van der Waals surface area contributed by atoms with Gasteiger partial charge in [-0.1, -0.05) is 0 Å². The van der Waals surface area contributed by atoms with E-state index in [4.69, 9.17) is 18.9 Å². The first-order valence-corrected chi connectivity index (χ1v) is 6.42. The molecule has 1 saturated heterocycles. The third kappa shape index (κ3) is 5.16. The van der Waals surface area contributed by atoms with Crippen molar-refractivity contribution in [1.29, 1.82) is 0 Å². The van der Waals surface area contributed by atoms with E-state index in [1.807, 2.05) is 0 Å². The zero-order valence-corrected chi connectivity index (χ0v) is 12.1. The normalized spacial score (nSPS) is 29.4. The van der Waals surface area contributed by atoms with Gasteiger partial charge in [-0.2, -0.15) is 0 Å². The van der Waals surface area contributed by atoms with Crippen LogP contribution in [0.4, 0.5) is 0 Å². The van der Waals surface area contributed by atoms with Crippen LogP contribution in [0.15, 0.2) is 0 Å². The first-order valence-electron chi connectivity index (χ1n) is 6.42. The Morgan fingerprint density at radius 2 is 1.65 bits per heavy atom. The fraction of sp³-hybridized carbons (Fsp3) is 0.769. The van der Waals surface area contributed by atoms with E-state index in [1.54, 1.807) is 6.92 Å². The van der Waals surface area contributed by atoms with Crippen molar-refractivity contribution in [2.45, 2.75) is 58.5 Å². The molecule has 1 heterocycles. The molecular formula is C13H20O7. The van der Waals surface area contributed by atoms with Gasteiger partial charge in [0.25, 0.3) is 0 Å². The Morgan fingerprint density at radius 1 is 1.05 bits per heavy atom. The van der Waals surface area contributed by atoms with Crippen molar-refractivity contribution >= 4 is 17.9 Å². The minimum atomic E-state index is -0.785. The third-order valence-corrected chi connectivity index (χ3v) is 2.77. The molecule has 4 atom stereocenters. The maximum atomic E-state index is 11.2. The lowest BCUT2D eigenvalue weighted by atomic mass is 9.98. The van der Waals surface area contributed by atoms with Crippen molar-refractivity contribution in [2.75, 3.05) is 6.61 Å². The minimum absolute atomic E-state index is 0.0601. The molecule has 0 radical (unpaired) electrons. The summed E-state index contributed by atoms with van der Waals surface area (Å²) in [6.45, 7) is 5.56. The molecule has 0 amide bonds. The molecule has 1 rings (SSSR count). The third-order valence-electron chi connectivity index (χ3n) is 2.77. The van der Waals surface area contributed by atoms with Gasteiger partial charge in [-0.05, 0) is 6.92 Å². The van der Waals surface area contributed by atoms with E-state index in [2.05, 4.69) is 0 Å². The second kappa shape index (κ2) is 7.23. The van der Waals surface area contributed by atoms with Crippen molar-refractivity contribution in [3.8, 4) is 0 Å². The zero-order chi connectivity index (χ0) is 15.3. The second-order valence-electron chi connectivity index (χ2n) is 4.75. The Hall–Kier alpha value is -1.63. The molecular weight excluding hydrogens is 268 g/mol. The van der Waals surface area contributed by atoms with E-state index in [9.17, 15) is 14.4 Å². The first-order chi connectivity index (χ1) is 9.29. The minimum Gasteiger partial charge on any atom is -0.463 e. The molecule has 20 heavy (non-hydrogen) atoms. The zero-order valence-electron chi connectivity index (χ0n) is 12.1. The standard InChI is InChI=1S/C13H20O7/c1-7-5-11(19-9(3)15)13(20-10(4)16)12(18-7)6-17-8(2)14/h7,11-13H,5-6H2,1-4H3/t7?,11-,12-,13+/m1/s1. The van der Waals surface area contributed by atoms with Crippen LogP contribution in [0.3, 0.4) is 0 Å². The van der Waals surface area contributed by atoms with Crippen LogP contribution in [-0.2, 0) is 33.3 Å². The number of rotatable bonds is 4. The SMILES string of the molecule is CC(=O)OC[C@H]1OC(C)C[C@@H](OC(C)=O)[C@@H]1OC(C)=O. The van der Waals surface area contributed by atoms with E-state index < -0.39 is 36.2 Å². The fourth-order valence-electron chi connectivity index (χ4n) is 2.14. The topological polar surface area (TPSA) is 88.1 Å². The highest BCUT2D eigenvalue weighted by Crippen LogP contribution is 2.26. The molecule has 1 aliphatic rings. The molecule has 1 aliphatic heterocycles. The van der Waals surface area contributed by atoms with E-state index in [0.29, 0.717) is 6.42 Å². The van der Waals surface area contributed by atoms with E-state index in [-0.39, 0.29) is 12.7 Å². The number of hydrogen-bond donors (Lipinski definition) is 0. The largest absolute Gasteiger partial charge is 0.463 e. The highest BCUT2D eigenvalue weighted by molar-refractivity contribution is 5.67. The fourth-order valence-corrected chi connectivity index (χ4v) is 2.14. The molecule has 0 spiro atoms. The highest BCUT2D eigenvalue weighted by Gasteiger charge is 2.42. The quantitative estimate of drug-likeness (QED) is 0.552. The van der Waals surface area contributed by atoms with Crippen LogP contribution in [0.25, 0.3) is 0 Å². The molecule has 0 aromatic heterocycles. The molecule has 0 saturated carbocycles. The summed E-state index contributed by atoms with van der Waals surface area (Å²) in [4.78, 5) is 33.2. The van der Waals surface area contributed by atoms with Crippen LogP contribution in [0.1, 0.15) is 34.1 Å². The molecule has 0 bridgehead atoms. The van der Waals surface area contributed by atoms with Crippen molar-refractivity contribution < 1.29 is 33.3 Å². The Morgan fingerprint density at radius 3 is 2.15 bits per heavy atom. The molecule has 1 unspecified atom stereocenters. The van der Waals surface area contributed by atoms with Gasteiger partial charge in [0.15, 0.2) is 6.10 Å². The van der Waals surface area contributed by atoms with E-state index in [1.165, 1.54) is 20.8 Å². The lowest BCUT2D eigenvalue weighted by Crippen LogP contribution is -2.53. The number of esters is 3. The molecule has 0 aromatic rings. The van der Waals surface area contributed by atoms with E-state index >= 15 is 0 Å². The van der Waals surface area contributed by atoms with E-state index in [0.717, 1.165) is 0 Å². The maximum Gasteiger partial charge on any atom is 0.303 e. The summed E-state index contributed by atoms with van der Waals surface area (Å²) in [5.41, 5.74) is 0. The van der Waals surface area contributed by atoms with Gasteiger partial charge in [0, 0.05) is 27.2 Å². The first kappa shape index (κ1) is 16.4. The van der Waals surface area contributed by atoms with Crippen LogP contribution < -0.4 is 0 Å². The molecule has 0 N–H and O–H groups in total. The monoisotopic (exact) mass is 288 g/mol. The molecule has 0 aromatic carbocycles. The average Bonchev–Trinajstić information content (AvgIpc) is 2.28. The van der Waals surface area contributed by atoms with Crippen molar-refractivity contribution in [1.82, 2.24) is 0 Å². The van der Waals surface area contributed by atoms with Crippen LogP contribution >= 0.6 is 0 Å². The number of carbonyl (C=O) groups excluding carboxylic acids is 3. The maximum absolute atomic E-state index is 11.2. The van der Waals surface area contributed by atoms with Gasteiger partial charge in [-0.15, -0.1) is 0 Å². The van der Waals surface area contributed by atoms with Crippen LogP contribution in [0, 0.1) is 0 Å². The van der Waals surface area contributed by atoms with Crippen LogP contribution in [-0.4, -0.2) is 48.9 Å². The molecule has 7 heteroatoms. The summed E-state index contributed by atoms with van der Waals surface area (Å²) >= 11 is 0. The highest BCUT2D eigenvalue weighted by atomic mass is 16.6. The Balaban J connectivity index is 2.82. The Bertz CT molecular complexity index is 379. The summed E-state index contributed by atoms with van der Waals surface area (Å²) in [5.74, 6) is -1.44. The van der Waals surface area contributed by atoms with Crippen molar-refractivity contribution in [2.24, 2.45) is 0 Å². The summed E-state index contributed by atoms with van der Waals surface area (Å²) in [7, 11) is 0. The molecule has 7 nitrogen and oxygen atoms in total. The van der Waals surface area contributed by atoms with Gasteiger partial charge in [-0.25, -0.2) is 0 Å². The Kier molecular flexibility index (Phi) is 5.94. The molecule has 0 aliphatic carbocycles. The van der Waals surface area contributed by atoms with Gasteiger partial charge in [0.05, 0.1) is 6.10 Å².